The van der Waals surface area contributed by atoms with Gasteiger partial charge in [0, 0.05) is 26.0 Å². The second-order valence-electron chi connectivity index (χ2n) is 7.42. The molecule has 2 aromatic rings. The van der Waals surface area contributed by atoms with Crippen LogP contribution in [-0.2, 0) is 4.74 Å². The molecule has 2 heterocycles. The molecule has 148 valence electrons. The van der Waals surface area contributed by atoms with E-state index >= 15 is 0 Å². The molecule has 1 aliphatic heterocycles. The summed E-state index contributed by atoms with van der Waals surface area (Å²) in [7, 11) is 0. The molecule has 2 fully saturated rings. The van der Waals surface area contributed by atoms with Crippen LogP contribution >= 0.6 is 0 Å². The van der Waals surface area contributed by atoms with E-state index < -0.39 is 11.6 Å². The van der Waals surface area contributed by atoms with E-state index in [2.05, 4.69) is 15.6 Å². The van der Waals surface area contributed by atoms with Gasteiger partial charge in [0.15, 0.2) is 11.6 Å². The number of hydrogen-bond donors (Lipinski definition) is 2. The summed E-state index contributed by atoms with van der Waals surface area (Å²) < 4.78 is 32.7. The van der Waals surface area contributed by atoms with E-state index in [1.807, 2.05) is 0 Å². The third-order valence-corrected chi connectivity index (χ3v) is 5.30. The molecule has 1 amide bonds. The molecule has 0 bridgehead atoms. The molecule has 0 radical (unpaired) electrons. The molecule has 28 heavy (non-hydrogen) atoms. The van der Waals surface area contributed by atoms with Crippen LogP contribution in [0, 0.1) is 17.6 Å². The van der Waals surface area contributed by atoms with Crippen LogP contribution in [0.4, 0.5) is 20.3 Å². The summed E-state index contributed by atoms with van der Waals surface area (Å²) in [4.78, 5) is 16.9. The van der Waals surface area contributed by atoms with Crippen LogP contribution in [0.2, 0.25) is 0 Å². The number of anilines is 2. The van der Waals surface area contributed by atoms with Crippen molar-refractivity contribution in [2.45, 2.75) is 31.6 Å². The number of benzene rings is 1. The maximum Gasteiger partial charge on any atom is 0.253 e. The standard InChI is InChI=1S/C21H23F2N3O2/c22-17-2-1-3-18(20(17)23)26-19-10-15(14-4-5-14)16(12-24-19)21(27)25-11-13-6-8-28-9-7-13/h1-3,10,12-14H,4-9,11H2,(H,24,26)(H,25,27). The van der Waals surface area contributed by atoms with Gasteiger partial charge in [0.05, 0.1) is 11.3 Å². The summed E-state index contributed by atoms with van der Waals surface area (Å²) in [6.45, 7) is 2.11. The lowest BCUT2D eigenvalue weighted by atomic mass is 10.00. The van der Waals surface area contributed by atoms with Gasteiger partial charge >= 0.3 is 0 Å². The number of nitrogens with one attached hydrogen (secondary N) is 2. The number of amides is 1. The van der Waals surface area contributed by atoms with Crippen LogP contribution < -0.4 is 10.6 Å². The number of ether oxygens (including phenoxy) is 1. The topological polar surface area (TPSA) is 63.2 Å². The van der Waals surface area contributed by atoms with Gasteiger partial charge in [0.25, 0.3) is 5.91 Å². The monoisotopic (exact) mass is 387 g/mol. The Bertz CT molecular complexity index is 865. The quantitative estimate of drug-likeness (QED) is 0.782. The van der Waals surface area contributed by atoms with Crippen molar-refractivity contribution in [3.05, 3.63) is 53.2 Å². The zero-order chi connectivity index (χ0) is 19.5. The summed E-state index contributed by atoms with van der Waals surface area (Å²) in [5.74, 6) is -0.861. The lowest BCUT2D eigenvalue weighted by Crippen LogP contribution is -2.32. The minimum atomic E-state index is -0.949. The number of carbonyl (C=O) groups excluding carboxylic acids is 1. The molecule has 0 spiro atoms. The largest absolute Gasteiger partial charge is 0.381 e. The van der Waals surface area contributed by atoms with Crippen LogP contribution in [0.15, 0.2) is 30.5 Å². The minimum Gasteiger partial charge on any atom is -0.381 e. The number of hydrogen-bond acceptors (Lipinski definition) is 4. The molecule has 5 nitrogen and oxygen atoms in total. The van der Waals surface area contributed by atoms with E-state index in [4.69, 9.17) is 4.74 Å². The fraction of sp³-hybridized carbons (Fsp3) is 0.429. The summed E-state index contributed by atoms with van der Waals surface area (Å²) in [6, 6.07) is 5.72. The average molecular weight is 387 g/mol. The number of nitrogens with zero attached hydrogens (tertiary/aromatic N) is 1. The second kappa shape index (κ2) is 8.22. The zero-order valence-corrected chi connectivity index (χ0v) is 15.5. The Morgan fingerprint density at radius 3 is 2.71 bits per heavy atom. The highest BCUT2D eigenvalue weighted by Gasteiger charge is 2.29. The molecule has 2 aliphatic rings. The van der Waals surface area contributed by atoms with Crippen LogP contribution in [-0.4, -0.2) is 30.6 Å². The second-order valence-corrected chi connectivity index (χ2v) is 7.42. The van der Waals surface area contributed by atoms with Crippen molar-refractivity contribution in [1.29, 1.82) is 0 Å². The van der Waals surface area contributed by atoms with Gasteiger partial charge in [-0.15, -0.1) is 0 Å². The molecule has 4 rings (SSSR count). The first-order chi connectivity index (χ1) is 13.6. The van der Waals surface area contributed by atoms with Crippen LogP contribution in [0.3, 0.4) is 0 Å². The first-order valence-electron chi connectivity index (χ1n) is 9.68. The highest BCUT2D eigenvalue weighted by molar-refractivity contribution is 5.96. The minimum absolute atomic E-state index is 0.0194. The molecule has 1 saturated carbocycles. The third-order valence-electron chi connectivity index (χ3n) is 5.30. The Hall–Kier alpha value is -2.54. The van der Waals surface area contributed by atoms with Crippen LogP contribution in [0.25, 0.3) is 0 Å². The van der Waals surface area contributed by atoms with E-state index in [9.17, 15) is 13.6 Å². The fourth-order valence-corrected chi connectivity index (χ4v) is 3.48. The SMILES string of the molecule is O=C(NCC1CCOCC1)c1cnc(Nc2cccc(F)c2F)cc1C1CC1. The highest BCUT2D eigenvalue weighted by Crippen LogP contribution is 2.42. The van der Waals surface area contributed by atoms with Gasteiger partial charge < -0.3 is 15.4 Å². The Labute approximate surface area is 162 Å². The highest BCUT2D eigenvalue weighted by atomic mass is 19.2. The summed E-state index contributed by atoms with van der Waals surface area (Å²) >= 11 is 0. The van der Waals surface area contributed by atoms with Gasteiger partial charge in [-0.1, -0.05) is 6.07 Å². The van der Waals surface area contributed by atoms with Gasteiger partial charge in [-0.25, -0.2) is 13.8 Å². The lowest BCUT2D eigenvalue weighted by molar-refractivity contribution is 0.0642. The van der Waals surface area contributed by atoms with Crippen molar-refractivity contribution in [1.82, 2.24) is 10.3 Å². The molecule has 1 aromatic carbocycles. The van der Waals surface area contributed by atoms with Gasteiger partial charge in [-0.05, 0) is 61.3 Å². The predicted molar refractivity (Wildman–Crippen MR) is 102 cm³/mol. The van der Waals surface area contributed by atoms with E-state index in [1.54, 1.807) is 6.07 Å². The van der Waals surface area contributed by atoms with E-state index in [0.29, 0.717) is 29.8 Å². The van der Waals surface area contributed by atoms with Crippen molar-refractivity contribution in [2.24, 2.45) is 5.92 Å². The van der Waals surface area contributed by atoms with Crippen LogP contribution in [0.1, 0.15) is 47.5 Å². The molecular weight excluding hydrogens is 364 g/mol. The smallest absolute Gasteiger partial charge is 0.253 e. The van der Waals surface area contributed by atoms with Gasteiger partial charge in [-0.2, -0.15) is 0 Å². The molecule has 1 aliphatic carbocycles. The predicted octanol–water partition coefficient (Wildman–Crippen LogP) is 4.14. The number of halogens is 2. The molecule has 7 heteroatoms. The first-order valence-corrected chi connectivity index (χ1v) is 9.68. The van der Waals surface area contributed by atoms with Gasteiger partial charge in [-0.3, -0.25) is 4.79 Å². The molecule has 0 atom stereocenters. The van der Waals surface area contributed by atoms with E-state index in [-0.39, 0.29) is 11.6 Å². The maximum absolute atomic E-state index is 13.9. The van der Waals surface area contributed by atoms with Crippen molar-refractivity contribution in [3.8, 4) is 0 Å². The van der Waals surface area contributed by atoms with Crippen molar-refractivity contribution in [3.63, 3.8) is 0 Å². The van der Waals surface area contributed by atoms with Crippen molar-refractivity contribution >= 4 is 17.4 Å². The molecule has 1 aromatic heterocycles. The van der Waals surface area contributed by atoms with E-state index in [0.717, 1.165) is 50.5 Å². The Morgan fingerprint density at radius 2 is 1.96 bits per heavy atom. The summed E-state index contributed by atoms with van der Waals surface area (Å²) in [5.41, 5.74) is 1.48. The summed E-state index contributed by atoms with van der Waals surface area (Å²) in [5, 5.41) is 5.83. The number of pyridine rings is 1. The van der Waals surface area contributed by atoms with Crippen molar-refractivity contribution in [2.75, 3.05) is 25.1 Å². The fourth-order valence-electron chi connectivity index (χ4n) is 3.48. The maximum atomic E-state index is 13.9. The lowest BCUT2D eigenvalue weighted by Gasteiger charge is -2.22. The van der Waals surface area contributed by atoms with Gasteiger partial charge in [0.2, 0.25) is 0 Å². The Kier molecular flexibility index (Phi) is 5.52. The summed E-state index contributed by atoms with van der Waals surface area (Å²) in [6.07, 6.45) is 5.45. The van der Waals surface area contributed by atoms with E-state index in [1.165, 1.54) is 18.3 Å². The Morgan fingerprint density at radius 1 is 1.18 bits per heavy atom. The first kappa shape index (κ1) is 18.8. The number of aromatic nitrogens is 1. The average Bonchev–Trinajstić information content (AvgIpc) is 3.56. The normalized spacial score (nSPS) is 17.4. The molecule has 1 saturated heterocycles. The van der Waals surface area contributed by atoms with Crippen LogP contribution in [0.5, 0.6) is 0 Å². The molecule has 2 N–H and O–H groups in total. The molecular formula is C21H23F2N3O2. The number of carbonyl (C=O) groups is 1. The van der Waals surface area contributed by atoms with Gasteiger partial charge in [0.1, 0.15) is 5.82 Å². The zero-order valence-electron chi connectivity index (χ0n) is 15.5. The third kappa shape index (κ3) is 4.30. The Balaban J connectivity index is 1.49. The molecule has 0 unspecified atom stereocenters. The van der Waals surface area contributed by atoms with Crippen molar-refractivity contribution < 1.29 is 18.3 Å². The number of rotatable bonds is 6.